The number of hydrogen-bond donors (Lipinski definition) is 6. The van der Waals surface area contributed by atoms with E-state index in [0.29, 0.717) is 47.8 Å². The molecule has 0 unspecified atom stereocenters. The highest BCUT2D eigenvalue weighted by Gasteiger charge is 2.31. The van der Waals surface area contributed by atoms with Gasteiger partial charge < -0.3 is 35.8 Å². The second-order valence-electron chi connectivity index (χ2n) is 20.0. The van der Waals surface area contributed by atoms with E-state index in [1.54, 1.807) is 36.5 Å². The van der Waals surface area contributed by atoms with Crippen LogP contribution in [-0.4, -0.2) is 87.7 Å². The van der Waals surface area contributed by atoms with E-state index >= 15 is 0 Å². The number of rotatable bonds is 8. The number of carboxylic acid groups (broad SMARTS) is 1. The summed E-state index contributed by atoms with van der Waals surface area (Å²) in [5.41, 5.74) is 12.5. The topological polar surface area (TPSA) is 205 Å². The zero-order valence-electron chi connectivity index (χ0n) is 40.5. The molecule has 8 rings (SSSR count). The van der Waals surface area contributed by atoms with Crippen LogP contribution in [0.5, 0.6) is 0 Å². The number of fused-ring (bicyclic) bond motifs is 3. The molecule has 2 aliphatic rings. The van der Waals surface area contributed by atoms with Gasteiger partial charge in [0, 0.05) is 62.7 Å². The van der Waals surface area contributed by atoms with Gasteiger partial charge in [-0.3, -0.25) is 4.79 Å². The number of H-pyrrole nitrogens is 3. The molecule has 2 fully saturated rings. The van der Waals surface area contributed by atoms with E-state index in [4.69, 9.17) is 20.6 Å². The van der Waals surface area contributed by atoms with Gasteiger partial charge in [-0.25, -0.2) is 24.5 Å². The van der Waals surface area contributed by atoms with Crippen molar-refractivity contribution < 1.29 is 24.2 Å². The number of amides is 1. The molecular formula is C47H76N8O5S3Si2. The number of carbonyl (C=O) groups excluding carboxylic acids is 2. The molecule has 7 N–H and O–H groups in total. The maximum atomic E-state index is 12.6. The molecule has 360 valence electrons. The molecule has 65 heavy (non-hydrogen) atoms. The van der Waals surface area contributed by atoms with Crippen LogP contribution in [0.25, 0.3) is 31.0 Å². The largest absolute Gasteiger partial charge is 0.477 e. The highest BCUT2D eigenvalue weighted by atomic mass is 32.1. The van der Waals surface area contributed by atoms with Crippen molar-refractivity contribution in [2.24, 2.45) is 5.73 Å². The van der Waals surface area contributed by atoms with Crippen LogP contribution < -0.4 is 11.1 Å². The number of carbonyl (C=O) groups is 3. The van der Waals surface area contributed by atoms with Gasteiger partial charge in [-0.1, -0.05) is 99.3 Å². The normalized spacial score (nSPS) is 16.2. The number of esters is 1. The van der Waals surface area contributed by atoms with Gasteiger partial charge >= 0.3 is 11.9 Å². The Morgan fingerprint density at radius 3 is 1.38 bits per heavy atom. The first-order chi connectivity index (χ1) is 29.9. The molecular weight excluding hydrogens is 909 g/mol. The Kier molecular flexibility index (Phi) is 18.6. The fraction of sp³-hybridized carbons (Fsp3) is 0.617. The Labute approximate surface area is 400 Å². The molecule has 0 aromatic carbocycles. The highest BCUT2D eigenvalue weighted by molar-refractivity contribution is 7.19. The van der Waals surface area contributed by atoms with Crippen LogP contribution in [0.2, 0.25) is 50.4 Å². The van der Waals surface area contributed by atoms with Crippen molar-refractivity contribution in [1.29, 1.82) is 0 Å². The molecule has 0 saturated carbocycles. The lowest BCUT2D eigenvalue weighted by molar-refractivity contribution is 0.0519. The zero-order chi connectivity index (χ0) is 47.4. The minimum Gasteiger partial charge on any atom is -0.477 e. The van der Waals surface area contributed by atoms with Gasteiger partial charge in [0.05, 0.1) is 21.6 Å². The lowest BCUT2D eigenvalue weighted by Gasteiger charge is -2.33. The Morgan fingerprint density at radius 1 is 0.677 bits per heavy atom. The van der Waals surface area contributed by atoms with Crippen molar-refractivity contribution in [3.63, 3.8) is 0 Å². The van der Waals surface area contributed by atoms with Gasteiger partial charge in [0.2, 0.25) is 0 Å². The Bertz CT molecular complexity index is 2540. The van der Waals surface area contributed by atoms with E-state index in [-0.39, 0.29) is 25.0 Å². The molecule has 2 aliphatic heterocycles. The summed E-state index contributed by atoms with van der Waals surface area (Å²) in [7, 11) is -1.69. The molecule has 0 atom stereocenters. The number of nitrogens with two attached hydrogens (primary N) is 1. The summed E-state index contributed by atoms with van der Waals surface area (Å²) in [4.78, 5) is 61.0. The van der Waals surface area contributed by atoms with Crippen LogP contribution in [0.15, 0.2) is 0 Å². The van der Waals surface area contributed by atoms with Crippen LogP contribution in [0.3, 0.4) is 0 Å². The molecule has 6 aromatic heterocycles. The smallest absolute Gasteiger partial charge is 0.355 e. The monoisotopic (exact) mass is 984 g/mol. The average Bonchev–Trinajstić information content (AvgIpc) is 4.07. The predicted molar refractivity (Wildman–Crippen MR) is 280 cm³/mol. The number of nitrogens with one attached hydrogen (secondary N) is 4. The summed E-state index contributed by atoms with van der Waals surface area (Å²) >= 11 is 4.79. The van der Waals surface area contributed by atoms with Crippen molar-refractivity contribution in [2.75, 3.05) is 6.61 Å². The van der Waals surface area contributed by atoms with E-state index in [9.17, 15) is 14.4 Å². The van der Waals surface area contributed by atoms with Crippen molar-refractivity contribution in [3.05, 3.63) is 48.8 Å². The third-order valence-corrected chi connectivity index (χ3v) is 22.7. The van der Waals surface area contributed by atoms with Crippen molar-refractivity contribution in [1.82, 2.24) is 35.2 Å². The van der Waals surface area contributed by atoms with Crippen LogP contribution in [0.1, 0.15) is 163 Å². The molecule has 8 heterocycles. The van der Waals surface area contributed by atoms with Crippen molar-refractivity contribution >= 4 is 99.0 Å². The first kappa shape index (κ1) is 53.9. The van der Waals surface area contributed by atoms with Crippen LogP contribution >= 0.6 is 34.0 Å². The number of aromatic amines is 3. The lowest BCUT2D eigenvalue weighted by Crippen LogP contribution is -2.42. The summed E-state index contributed by atoms with van der Waals surface area (Å²) in [6, 6.07) is 6.41. The minimum atomic E-state index is -0.974. The van der Waals surface area contributed by atoms with E-state index in [1.165, 1.54) is 48.4 Å². The number of thiazole rings is 3. The SMILES string of the molecule is C.CCOC(=O)c1[nH]c2sc(C(C)C)nc2c1C.C[Si]1(C)CCC(N)CC1.Cc1c(C(=O)NC2CC[Si](C)(C)CC2)[nH]c2sc(C(C)C)nc12.Cc1c(C(=O)O)[nH]c2sc(C(C)C)nc12. The summed E-state index contributed by atoms with van der Waals surface area (Å²) < 4.78 is 4.99. The van der Waals surface area contributed by atoms with Gasteiger partial charge in [0.1, 0.15) is 48.1 Å². The van der Waals surface area contributed by atoms with Crippen LogP contribution in [-0.2, 0) is 4.74 Å². The number of aryl methyl sites for hydroxylation is 3. The number of nitrogens with zero attached hydrogens (tertiary/aromatic N) is 3. The third kappa shape index (κ3) is 13.5. The number of aromatic carboxylic acids is 1. The number of hydrogen-bond acceptors (Lipinski definition) is 11. The van der Waals surface area contributed by atoms with Gasteiger partial charge in [-0.2, -0.15) is 0 Å². The van der Waals surface area contributed by atoms with E-state index < -0.39 is 22.1 Å². The Morgan fingerprint density at radius 2 is 1.03 bits per heavy atom. The second kappa shape index (κ2) is 22.4. The van der Waals surface area contributed by atoms with Gasteiger partial charge in [-0.05, 0) is 53.4 Å². The molecule has 13 nitrogen and oxygen atoms in total. The number of aromatic nitrogens is 6. The molecule has 0 spiro atoms. The predicted octanol–water partition coefficient (Wildman–Crippen LogP) is 13.1. The van der Waals surface area contributed by atoms with Gasteiger partial charge in [-0.15, -0.1) is 34.0 Å². The summed E-state index contributed by atoms with van der Waals surface area (Å²) in [6.45, 7) is 30.4. The standard InChI is InChI=1S/C17H27N3OSSi.C12H16N2O2S.C10H12N2O2S.C7H17NSi.CH4/c1-10(2)16-20-14-11(3)13(19-17(14)22-16)15(21)18-12-6-8-23(4,5)9-7-12;1-5-16-12(15)9-7(4)8-11(14-9)17-10(13-8)6(2)3;1-4(2)8-11-6-5(3)7(10(13)14)12-9(6)15-8;1-9(2)5-3-7(8)4-6-9;/h10,12,19H,6-9H2,1-5H3,(H,18,21);6,14H,5H2,1-4H3;4,12H,1-3H3,(H,13,14);7H,3-6,8H2,1-2H3;1H4. The lowest BCUT2D eigenvalue weighted by atomic mass is 10.1. The van der Waals surface area contributed by atoms with Crippen molar-refractivity contribution in [2.45, 2.75) is 183 Å². The molecule has 1 amide bonds. The van der Waals surface area contributed by atoms with Gasteiger partial charge in [0.25, 0.3) is 5.91 Å². The van der Waals surface area contributed by atoms with E-state index in [1.807, 2.05) is 13.8 Å². The summed E-state index contributed by atoms with van der Waals surface area (Å²) in [5, 5.41) is 15.4. The van der Waals surface area contributed by atoms with Crippen LogP contribution in [0.4, 0.5) is 0 Å². The molecule has 0 radical (unpaired) electrons. The number of ether oxygens (including phenoxy) is 1. The van der Waals surface area contributed by atoms with Crippen molar-refractivity contribution in [3.8, 4) is 0 Å². The van der Waals surface area contributed by atoms with Crippen LogP contribution in [0, 0.1) is 20.8 Å². The number of carboxylic acids is 1. The first-order valence-electron chi connectivity index (χ1n) is 22.9. The molecule has 0 aliphatic carbocycles. The van der Waals surface area contributed by atoms with Gasteiger partial charge in [0.15, 0.2) is 0 Å². The molecule has 2 saturated heterocycles. The van der Waals surface area contributed by atoms with E-state index in [2.05, 4.69) is 98.0 Å². The molecule has 18 heteroatoms. The molecule has 0 bridgehead atoms. The quantitative estimate of drug-likeness (QED) is 0.0633. The summed E-state index contributed by atoms with van der Waals surface area (Å²) in [6.07, 6.45) is 4.85. The maximum Gasteiger partial charge on any atom is 0.355 e. The fourth-order valence-electron chi connectivity index (χ4n) is 7.82. The van der Waals surface area contributed by atoms with E-state index in [0.717, 1.165) is 75.6 Å². The highest BCUT2D eigenvalue weighted by Crippen LogP contribution is 2.34. The third-order valence-electron chi connectivity index (χ3n) is 12.3. The zero-order valence-corrected chi connectivity index (χ0v) is 44.9. The first-order valence-corrected chi connectivity index (χ1v) is 32.1. The Balaban J connectivity index is 0.000000197. The summed E-state index contributed by atoms with van der Waals surface area (Å²) in [5.74, 6) is 0.0113. The second-order valence-corrected chi connectivity index (χ2v) is 33.7. The average molecular weight is 986 g/mol. The Hall–Kier alpha value is -3.69. The molecule has 6 aromatic rings. The maximum absolute atomic E-state index is 12.6. The minimum absolute atomic E-state index is 0. The fourth-order valence-corrected chi connectivity index (χ4v) is 16.0.